The van der Waals surface area contributed by atoms with Gasteiger partial charge in [0.2, 0.25) is 0 Å². The Morgan fingerprint density at radius 1 is 1.67 bits per heavy atom. The van der Waals surface area contributed by atoms with Gasteiger partial charge in [-0.2, -0.15) is 4.57 Å². The lowest BCUT2D eigenvalue weighted by Crippen LogP contribution is -2.24. The third-order valence-electron chi connectivity index (χ3n) is 1.13. The first kappa shape index (κ1) is 6.01. The maximum atomic E-state index is 10.6. The zero-order valence-electron chi connectivity index (χ0n) is 5.53. The molecule has 0 radical (unpaired) electrons. The molecule has 0 spiro atoms. The number of aryl methyl sites for hydroxylation is 1. The van der Waals surface area contributed by atoms with Gasteiger partial charge in [-0.3, -0.25) is 0 Å². The minimum absolute atomic E-state index is 0.0376. The Kier molecular flexibility index (Phi) is 1.34. The van der Waals surface area contributed by atoms with Crippen LogP contribution in [0.25, 0.3) is 0 Å². The lowest BCUT2D eigenvalue weighted by atomic mass is 10.7. The van der Waals surface area contributed by atoms with Gasteiger partial charge in [0.15, 0.2) is 0 Å². The van der Waals surface area contributed by atoms with E-state index >= 15 is 0 Å². The van der Waals surface area contributed by atoms with E-state index in [1.807, 2.05) is 17.8 Å². The summed E-state index contributed by atoms with van der Waals surface area (Å²) in [6.07, 6.45) is 5.27. The molecular formula is C6H9N2O+. The predicted octanol–water partition coefficient (Wildman–Crippen LogP) is -0.0273. The summed E-state index contributed by atoms with van der Waals surface area (Å²) in [5.41, 5.74) is 0. The van der Waals surface area contributed by atoms with E-state index in [2.05, 4.69) is 0 Å². The molecular weight excluding hydrogens is 116 g/mol. The van der Waals surface area contributed by atoms with E-state index in [-0.39, 0.29) is 5.91 Å². The van der Waals surface area contributed by atoms with Crippen molar-refractivity contribution in [2.24, 2.45) is 7.05 Å². The Labute approximate surface area is 53.5 Å². The van der Waals surface area contributed by atoms with Crippen molar-refractivity contribution in [1.29, 1.82) is 0 Å². The monoisotopic (exact) mass is 125 g/mol. The molecule has 0 saturated carbocycles. The van der Waals surface area contributed by atoms with Crippen LogP contribution in [0, 0.1) is 0 Å². The van der Waals surface area contributed by atoms with Gasteiger partial charge in [-0.15, -0.1) is 0 Å². The van der Waals surface area contributed by atoms with Gasteiger partial charge in [0.25, 0.3) is 6.33 Å². The normalized spacial score (nSPS) is 9.56. The fourth-order valence-corrected chi connectivity index (χ4v) is 0.636. The van der Waals surface area contributed by atoms with Gasteiger partial charge in [0.05, 0.1) is 7.05 Å². The summed E-state index contributed by atoms with van der Waals surface area (Å²) in [5.74, 6) is 0.0376. The number of hydrogen-bond donors (Lipinski definition) is 0. The summed E-state index contributed by atoms with van der Waals surface area (Å²) >= 11 is 0. The van der Waals surface area contributed by atoms with Crippen LogP contribution in [0.2, 0.25) is 0 Å². The molecule has 0 saturated heterocycles. The van der Waals surface area contributed by atoms with Gasteiger partial charge in [0, 0.05) is 6.92 Å². The molecule has 48 valence electrons. The van der Waals surface area contributed by atoms with E-state index < -0.39 is 0 Å². The van der Waals surface area contributed by atoms with E-state index in [4.69, 9.17) is 0 Å². The molecule has 0 bridgehead atoms. The minimum Gasteiger partial charge on any atom is -0.247 e. The fourth-order valence-electron chi connectivity index (χ4n) is 0.636. The quantitative estimate of drug-likeness (QED) is 0.447. The molecule has 0 aliphatic rings. The topological polar surface area (TPSA) is 25.9 Å². The SMILES string of the molecule is CC(=O)n1cc[n+](C)c1. The zero-order valence-corrected chi connectivity index (χ0v) is 5.53. The molecule has 1 aromatic heterocycles. The van der Waals surface area contributed by atoms with Crippen molar-refractivity contribution in [3.05, 3.63) is 18.7 Å². The third kappa shape index (κ3) is 1.16. The smallest absolute Gasteiger partial charge is 0.247 e. The third-order valence-corrected chi connectivity index (χ3v) is 1.13. The lowest BCUT2D eigenvalue weighted by Gasteiger charge is -1.80. The van der Waals surface area contributed by atoms with Crippen molar-refractivity contribution in [3.8, 4) is 0 Å². The maximum absolute atomic E-state index is 10.6. The highest BCUT2D eigenvalue weighted by Crippen LogP contribution is 1.80. The van der Waals surface area contributed by atoms with Crippen LogP contribution in [-0.4, -0.2) is 10.5 Å². The van der Waals surface area contributed by atoms with Crippen LogP contribution in [0.3, 0.4) is 0 Å². The van der Waals surface area contributed by atoms with Crippen molar-refractivity contribution in [3.63, 3.8) is 0 Å². The van der Waals surface area contributed by atoms with Crippen molar-refractivity contribution < 1.29 is 9.36 Å². The Morgan fingerprint density at radius 3 is 2.56 bits per heavy atom. The van der Waals surface area contributed by atoms with Crippen LogP contribution >= 0.6 is 0 Å². The fraction of sp³-hybridized carbons (Fsp3) is 0.333. The Morgan fingerprint density at radius 2 is 2.33 bits per heavy atom. The summed E-state index contributed by atoms with van der Waals surface area (Å²) in [4.78, 5) is 10.6. The lowest BCUT2D eigenvalue weighted by molar-refractivity contribution is -0.670. The molecule has 0 aliphatic carbocycles. The summed E-state index contributed by atoms with van der Waals surface area (Å²) in [5, 5.41) is 0. The molecule has 1 heterocycles. The van der Waals surface area contributed by atoms with E-state index in [1.165, 1.54) is 11.5 Å². The molecule has 0 atom stereocenters. The second-order valence-corrected chi connectivity index (χ2v) is 2.01. The molecule has 1 aromatic rings. The van der Waals surface area contributed by atoms with Gasteiger partial charge in [-0.1, -0.05) is 0 Å². The van der Waals surface area contributed by atoms with Gasteiger partial charge in [-0.05, 0) is 0 Å². The first-order valence-corrected chi connectivity index (χ1v) is 2.74. The molecule has 9 heavy (non-hydrogen) atoms. The number of rotatable bonds is 0. The number of hydrogen-bond acceptors (Lipinski definition) is 1. The van der Waals surface area contributed by atoms with Crippen molar-refractivity contribution in [2.45, 2.75) is 6.92 Å². The van der Waals surface area contributed by atoms with Gasteiger partial charge < -0.3 is 0 Å². The largest absolute Gasteiger partial charge is 0.310 e. The molecule has 3 heteroatoms. The molecule has 0 fully saturated rings. The second kappa shape index (κ2) is 2.01. The van der Waals surface area contributed by atoms with E-state index in [0.717, 1.165) is 0 Å². The van der Waals surface area contributed by atoms with Crippen molar-refractivity contribution in [2.75, 3.05) is 0 Å². The van der Waals surface area contributed by atoms with Crippen LogP contribution in [0.5, 0.6) is 0 Å². The summed E-state index contributed by atoms with van der Waals surface area (Å²) in [6, 6.07) is 0. The van der Waals surface area contributed by atoms with Crippen molar-refractivity contribution >= 4 is 5.91 Å². The highest BCUT2D eigenvalue weighted by Gasteiger charge is 2.02. The average molecular weight is 125 g/mol. The number of carbonyl (C=O) groups is 1. The zero-order chi connectivity index (χ0) is 6.85. The van der Waals surface area contributed by atoms with Crippen LogP contribution in [0.1, 0.15) is 11.7 Å². The molecule has 0 amide bonds. The predicted molar refractivity (Wildman–Crippen MR) is 31.9 cm³/mol. The molecule has 1 rings (SSSR count). The number of imidazole rings is 1. The number of aromatic nitrogens is 2. The van der Waals surface area contributed by atoms with Crippen LogP contribution in [-0.2, 0) is 7.05 Å². The van der Waals surface area contributed by atoms with Crippen molar-refractivity contribution in [1.82, 2.24) is 4.57 Å². The average Bonchev–Trinajstić information content (AvgIpc) is 2.14. The first-order chi connectivity index (χ1) is 4.20. The van der Waals surface area contributed by atoms with E-state index in [1.54, 1.807) is 12.5 Å². The first-order valence-electron chi connectivity index (χ1n) is 2.74. The number of nitrogens with zero attached hydrogens (tertiary/aromatic N) is 2. The van der Waals surface area contributed by atoms with E-state index in [9.17, 15) is 4.79 Å². The molecule has 0 aromatic carbocycles. The van der Waals surface area contributed by atoms with Gasteiger partial charge in [0.1, 0.15) is 12.4 Å². The molecule has 0 unspecified atom stereocenters. The number of carbonyl (C=O) groups excluding carboxylic acids is 1. The van der Waals surface area contributed by atoms with Crippen LogP contribution in [0.15, 0.2) is 18.7 Å². The standard InChI is InChI=1S/C6H9N2O/c1-6(9)8-4-3-7(2)5-8/h3-5H,1-2H3/q+1. The van der Waals surface area contributed by atoms with Crippen LogP contribution in [0.4, 0.5) is 0 Å². The molecule has 0 N–H and O–H groups in total. The molecule has 0 aliphatic heterocycles. The Bertz CT molecular complexity index is 227. The summed E-state index contributed by atoms with van der Waals surface area (Å²) < 4.78 is 3.35. The van der Waals surface area contributed by atoms with Gasteiger partial charge in [-0.25, -0.2) is 9.36 Å². The minimum atomic E-state index is 0.0376. The van der Waals surface area contributed by atoms with Gasteiger partial charge >= 0.3 is 5.91 Å². The summed E-state index contributed by atoms with van der Waals surface area (Å²) in [7, 11) is 1.87. The highest BCUT2D eigenvalue weighted by molar-refractivity contribution is 5.75. The van der Waals surface area contributed by atoms with Crippen LogP contribution < -0.4 is 4.57 Å². The summed E-state index contributed by atoms with van der Waals surface area (Å²) in [6.45, 7) is 1.53. The highest BCUT2D eigenvalue weighted by atomic mass is 16.1. The Balaban J connectivity index is 2.98. The maximum Gasteiger partial charge on any atom is 0.310 e. The second-order valence-electron chi connectivity index (χ2n) is 2.01. The molecule has 3 nitrogen and oxygen atoms in total. The van der Waals surface area contributed by atoms with E-state index in [0.29, 0.717) is 0 Å². The Hall–Kier alpha value is -1.12.